The van der Waals surface area contributed by atoms with Gasteiger partial charge in [0.2, 0.25) is 5.84 Å². The van der Waals surface area contributed by atoms with Crippen LogP contribution in [-0.2, 0) is 0 Å². The van der Waals surface area contributed by atoms with Crippen molar-refractivity contribution in [2.24, 2.45) is 20.9 Å². The third-order valence-corrected chi connectivity index (χ3v) is 1.75. The molecule has 0 fully saturated rings. The van der Waals surface area contributed by atoms with Gasteiger partial charge in [0.15, 0.2) is 5.84 Å². The van der Waals surface area contributed by atoms with Gasteiger partial charge in [-0.3, -0.25) is 10.2 Å². The molecular formula is C7H8N10. The van der Waals surface area contributed by atoms with Gasteiger partial charge in [0.25, 0.3) is 0 Å². The van der Waals surface area contributed by atoms with Crippen molar-refractivity contribution in [2.45, 2.75) is 0 Å². The maximum atomic E-state index is 5.62. The Morgan fingerprint density at radius 2 is 1.76 bits per heavy atom. The minimum absolute atomic E-state index is 0.128. The molecule has 0 amide bonds. The van der Waals surface area contributed by atoms with Gasteiger partial charge in [-0.1, -0.05) is 10.4 Å². The quantitative estimate of drug-likeness (QED) is 0.341. The van der Waals surface area contributed by atoms with Crippen LogP contribution in [0.3, 0.4) is 0 Å². The Morgan fingerprint density at radius 1 is 1.12 bits per heavy atom. The molecule has 2 aromatic rings. The summed E-state index contributed by atoms with van der Waals surface area (Å²) in [5.74, 6) is 0.356. The normalized spacial score (nSPS) is 12.7. The summed E-state index contributed by atoms with van der Waals surface area (Å²) in [7, 11) is 0. The molecule has 86 valence electrons. The maximum absolute atomic E-state index is 5.62. The van der Waals surface area contributed by atoms with Gasteiger partial charge in [0.05, 0.1) is 12.4 Å². The fraction of sp³-hybridized carbons (Fsp3) is 0. The molecule has 0 aliphatic carbocycles. The summed E-state index contributed by atoms with van der Waals surface area (Å²) in [5, 5.41) is 26.9. The van der Waals surface area contributed by atoms with Crippen molar-refractivity contribution >= 4 is 18.4 Å². The molecule has 17 heavy (non-hydrogen) atoms. The highest BCUT2D eigenvalue weighted by Gasteiger charge is 2.04. The molecule has 0 spiro atoms. The predicted molar refractivity (Wildman–Crippen MR) is 59.6 cm³/mol. The van der Waals surface area contributed by atoms with E-state index in [1.807, 2.05) is 0 Å². The summed E-state index contributed by atoms with van der Waals surface area (Å²) in [5.41, 5.74) is 6.57. The molecule has 10 heteroatoms. The Hall–Kier alpha value is -2.91. The van der Waals surface area contributed by atoms with Crippen LogP contribution in [-0.4, -0.2) is 49.2 Å². The number of nitrogens with two attached hydrogens (primary N) is 1. The monoisotopic (exact) mass is 232 g/mol. The molecule has 0 aliphatic heterocycles. The van der Waals surface area contributed by atoms with Gasteiger partial charge in [0, 0.05) is 0 Å². The number of aromatic nitrogens is 6. The highest BCUT2D eigenvalue weighted by atomic mass is 15.4. The molecule has 0 aromatic carbocycles. The van der Waals surface area contributed by atoms with Crippen LogP contribution in [0.2, 0.25) is 0 Å². The molecule has 2 heterocycles. The summed E-state index contributed by atoms with van der Waals surface area (Å²) < 4.78 is 0. The first kappa shape index (κ1) is 10.6. The Morgan fingerprint density at radius 3 is 2.29 bits per heavy atom. The maximum Gasteiger partial charge on any atom is 0.200 e. The SMILES string of the molecule is C=N/C(=N\N=C(/N)c1cnn[nH]1)c1cnn[nH]1. The Labute approximate surface area is 94.8 Å². The number of hydrogen-bond donors (Lipinski definition) is 3. The topological polar surface area (TPSA) is 146 Å². The van der Waals surface area contributed by atoms with Crippen molar-refractivity contribution in [3.8, 4) is 0 Å². The number of rotatable bonds is 3. The van der Waals surface area contributed by atoms with E-state index in [-0.39, 0.29) is 11.7 Å². The predicted octanol–water partition coefficient (Wildman–Crippen LogP) is -1.31. The first-order valence-corrected chi connectivity index (χ1v) is 4.42. The van der Waals surface area contributed by atoms with Crippen molar-refractivity contribution in [3.63, 3.8) is 0 Å². The lowest BCUT2D eigenvalue weighted by molar-refractivity contribution is 0.935. The molecule has 2 rings (SSSR count). The summed E-state index contributed by atoms with van der Waals surface area (Å²) in [4.78, 5) is 3.67. The molecule has 10 nitrogen and oxygen atoms in total. The average Bonchev–Trinajstić information content (AvgIpc) is 3.02. The van der Waals surface area contributed by atoms with E-state index in [1.54, 1.807) is 0 Å². The van der Waals surface area contributed by atoms with Crippen LogP contribution >= 0.6 is 0 Å². The first-order chi connectivity index (χ1) is 8.31. The van der Waals surface area contributed by atoms with Gasteiger partial charge in [-0.2, -0.15) is 0 Å². The van der Waals surface area contributed by atoms with E-state index in [1.165, 1.54) is 12.4 Å². The molecule has 0 atom stereocenters. The van der Waals surface area contributed by atoms with E-state index in [9.17, 15) is 0 Å². The van der Waals surface area contributed by atoms with Crippen LogP contribution in [0.25, 0.3) is 0 Å². The Balaban J connectivity index is 2.24. The van der Waals surface area contributed by atoms with Crippen molar-refractivity contribution in [3.05, 3.63) is 23.8 Å². The number of nitrogens with one attached hydrogen (secondary N) is 2. The molecule has 4 N–H and O–H groups in total. The molecule has 0 saturated carbocycles. The second-order valence-electron chi connectivity index (χ2n) is 2.81. The summed E-state index contributed by atoms with van der Waals surface area (Å²) in [6, 6.07) is 0. The van der Waals surface area contributed by atoms with Crippen LogP contribution in [0.4, 0.5) is 0 Å². The molecule has 2 aromatic heterocycles. The lowest BCUT2D eigenvalue weighted by atomic mass is 10.4. The Bertz CT molecular complexity index is 533. The second kappa shape index (κ2) is 4.74. The number of amidine groups is 2. The first-order valence-electron chi connectivity index (χ1n) is 4.42. The van der Waals surface area contributed by atoms with Gasteiger partial charge >= 0.3 is 0 Å². The zero-order chi connectivity index (χ0) is 12.1. The van der Waals surface area contributed by atoms with E-state index in [0.717, 1.165) is 0 Å². The van der Waals surface area contributed by atoms with E-state index >= 15 is 0 Å². The minimum Gasteiger partial charge on any atom is -0.380 e. The van der Waals surface area contributed by atoms with E-state index in [0.29, 0.717) is 11.4 Å². The highest BCUT2D eigenvalue weighted by molar-refractivity contribution is 6.01. The van der Waals surface area contributed by atoms with E-state index in [2.05, 4.69) is 52.7 Å². The molecule has 0 unspecified atom stereocenters. The van der Waals surface area contributed by atoms with Crippen molar-refractivity contribution in [1.82, 2.24) is 30.8 Å². The highest BCUT2D eigenvalue weighted by Crippen LogP contribution is 1.96. The van der Waals surface area contributed by atoms with Gasteiger partial charge in [-0.05, 0) is 6.72 Å². The van der Waals surface area contributed by atoms with Crippen LogP contribution in [0.15, 0.2) is 27.6 Å². The van der Waals surface area contributed by atoms with E-state index in [4.69, 9.17) is 5.73 Å². The number of aliphatic imine (C=N–C) groups is 1. The third kappa shape index (κ3) is 2.37. The number of aromatic amines is 2. The smallest absolute Gasteiger partial charge is 0.200 e. The number of nitrogens with zero attached hydrogens (tertiary/aromatic N) is 7. The lowest BCUT2D eigenvalue weighted by Gasteiger charge is -1.93. The number of H-pyrrole nitrogens is 2. The molecule has 0 saturated heterocycles. The van der Waals surface area contributed by atoms with Crippen molar-refractivity contribution in [2.75, 3.05) is 0 Å². The standard InChI is InChI=1S/C7H8N10/c1-9-7(5-3-11-17-13-5)15-14-6(8)4-2-10-16-12-4/h2-3H,1H2,(H2,8,14)(H,10,12,16)(H,11,13,17)/b15-7-. The van der Waals surface area contributed by atoms with Crippen LogP contribution in [0.1, 0.15) is 11.4 Å². The van der Waals surface area contributed by atoms with Crippen molar-refractivity contribution < 1.29 is 0 Å². The molecule has 0 radical (unpaired) electrons. The Kier molecular flexibility index (Phi) is 2.96. The van der Waals surface area contributed by atoms with Crippen LogP contribution in [0.5, 0.6) is 0 Å². The molecule has 0 aliphatic rings. The largest absolute Gasteiger partial charge is 0.380 e. The summed E-state index contributed by atoms with van der Waals surface area (Å²) in [6.45, 7) is 3.36. The van der Waals surface area contributed by atoms with Crippen LogP contribution < -0.4 is 5.73 Å². The molecular weight excluding hydrogens is 224 g/mol. The van der Waals surface area contributed by atoms with E-state index < -0.39 is 0 Å². The van der Waals surface area contributed by atoms with Gasteiger partial charge in [0.1, 0.15) is 11.4 Å². The second-order valence-corrected chi connectivity index (χ2v) is 2.81. The van der Waals surface area contributed by atoms with Gasteiger partial charge in [-0.25, -0.2) is 4.99 Å². The van der Waals surface area contributed by atoms with Crippen LogP contribution in [0, 0.1) is 0 Å². The minimum atomic E-state index is 0.128. The summed E-state index contributed by atoms with van der Waals surface area (Å²) >= 11 is 0. The fourth-order valence-corrected chi connectivity index (χ4v) is 0.953. The number of hydrogen-bond acceptors (Lipinski definition) is 6. The summed E-state index contributed by atoms with van der Waals surface area (Å²) in [6.07, 6.45) is 2.87. The van der Waals surface area contributed by atoms with Gasteiger partial charge < -0.3 is 5.73 Å². The molecule has 0 bridgehead atoms. The third-order valence-electron chi connectivity index (χ3n) is 1.75. The fourth-order valence-electron chi connectivity index (χ4n) is 0.953. The average molecular weight is 232 g/mol. The van der Waals surface area contributed by atoms with Gasteiger partial charge in [-0.15, -0.1) is 20.4 Å². The zero-order valence-electron chi connectivity index (χ0n) is 8.57. The zero-order valence-corrected chi connectivity index (χ0v) is 8.57. The van der Waals surface area contributed by atoms with Crippen molar-refractivity contribution in [1.29, 1.82) is 0 Å². The lowest BCUT2D eigenvalue weighted by Crippen LogP contribution is -2.13.